The number of carbonyl (C=O) groups excluding carboxylic acids is 2. The molecule has 26 heavy (non-hydrogen) atoms. The van der Waals surface area contributed by atoms with Crippen LogP contribution in [0, 0.1) is 5.82 Å². The third-order valence-corrected chi connectivity index (χ3v) is 3.56. The first-order valence-corrected chi connectivity index (χ1v) is 8.43. The van der Waals surface area contributed by atoms with Crippen molar-refractivity contribution in [1.82, 2.24) is 5.32 Å². The highest BCUT2D eigenvalue weighted by Crippen LogP contribution is 2.19. The van der Waals surface area contributed by atoms with Gasteiger partial charge in [0, 0.05) is 22.5 Å². The Labute approximate surface area is 156 Å². The maximum atomic E-state index is 13.1. The zero-order valence-corrected chi connectivity index (χ0v) is 15.6. The minimum atomic E-state index is -0.548. The minimum absolute atomic E-state index is 0.0145. The van der Waals surface area contributed by atoms with Gasteiger partial charge in [-0.2, -0.15) is 0 Å². The van der Waals surface area contributed by atoms with Gasteiger partial charge in [0.05, 0.1) is 11.6 Å². The van der Waals surface area contributed by atoms with Gasteiger partial charge < -0.3 is 16.0 Å². The van der Waals surface area contributed by atoms with Gasteiger partial charge in [0.15, 0.2) is 0 Å². The van der Waals surface area contributed by atoms with Crippen LogP contribution in [0.5, 0.6) is 0 Å². The fraction of sp³-hybridized carbons (Fsp3) is 0.263. The van der Waals surface area contributed by atoms with Crippen molar-refractivity contribution in [3.05, 3.63) is 58.9 Å². The molecular formula is C19H21ClFN3O2. The summed E-state index contributed by atoms with van der Waals surface area (Å²) >= 11 is 5.68. The average Bonchev–Trinajstić information content (AvgIpc) is 2.55. The van der Waals surface area contributed by atoms with E-state index in [1.807, 2.05) is 20.8 Å². The summed E-state index contributed by atoms with van der Waals surface area (Å²) in [6.07, 6.45) is 0. The number of halogens is 2. The summed E-state index contributed by atoms with van der Waals surface area (Å²) in [4.78, 5) is 24.2. The maximum Gasteiger partial charge on any atom is 0.251 e. The highest BCUT2D eigenvalue weighted by Gasteiger charge is 2.15. The minimum Gasteiger partial charge on any atom is -0.376 e. The summed E-state index contributed by atoms with van der Waals surface area (Å²) < 4.78 is 13.1. The molecule has 138 valence electrons. The number of nitrogens with one attached hydrogen (secondary N) is 3. The van der Waals surface area contributed by atoms with Crippen LogP contribution in [-0.2, 0) is 4.79 Å². The molecule has 0 aliphatic heterocycles. The van der Waals surface area contributed by atoms with Crippen molar-refractivity contribution < 1.29 is 14.0 Å². The van der Waals surface area contributed by atoms with E-state index in [0.29, 0.717) is 16.9 Å². The number of rotatable bonds is 5. The van der Waals surface area contributed by atoms with E-state index in [-0.39, 0.29) is 28.9 Å². The van der Waals surface area contributed by atoms with Crippen molar-refractivity contribution in [2.24, 2.45) is 0 Å². The fourth-order valence-electron chi connectivity index (χ4n) is 2.14. The number of carbonyl (C=O) groups is 2. The molecule has 0 saturated heterocycles. The van der Waals surface area contributed by atoms with Crippen LogP contribution in [0.1, 0.15) is 31.1 Å². The van der Waals surface area contributed by atoms with Crippen molar-refractivity contribution in [1.29, 1.82) is 0 Å². The lowest BCUT2D eigenvalue weighted by Gasteiger charge is -2.20. The average molecular weight is 378 g/mol. The molecule has 2 aromatic rings. The van der Waals surface area contributed by atoms with Gasteiger partial charge in [-0.1, -0.05) is 17.7 Å². The second kappa shape index (κ2) is 8.19. The highest BCUT2D eigenvalue weighted by atomic mass is 35.5. The SMILES string of the molecule is CC(C)(C)NC(=O)c1cccc(NCC(=O)Nc2ccc(F)c(Cl)c2)c1. The lowest BCUT2D eigenvalue weighted by atomic mass is 10.1. The molecule has 0 fully saturated rings. The Morgan fingerprint density at radius 1 is 1.08 bits per heavy atom. The lowest BCUT2D eigenvalue weighted by molar-refractivity contribution is -0.114. The lowest BCUT2D eigenvalue weighted by Crippen LogP contribution is -2.40. The summed E-state index contributed by atoms with van der Waals surface area (Å²) in [7, 11) is 0. The van der Waals surface area contributed by atoms with Crippen LogP contribution in [0.25, 0.3) is 0 Å². The quantitative estimate of drug-likeness (QED) is 0.736. The van der Waals surface area contributed by atoms with E-state index in [1.54, 1.807) is 24.3 Å². The number of benzene rings is 2. The first-order valence-electron chi connectivity index (χ1n) is 8.05. The predicted octanol–water partition coefficient (Wildman–Crippen LogP) is 4.06. The summed E-state index contributed by atoms with van der Waals surface area (Å²) in [5.74, 6) is -1.06. The molecule has 5 nitrogen and oxygen atoms in total. The Hall–Kier alpha value is -2.60. The molecule has 0 aliphatic carbocycles. The van der Waals surface area contributed by atoms with E-state index in [2.05, 4.69) is 16.0 Å². The van der Waals surface area contributed by atoms with E-state index in [0.717, 1.165) is 0 Å². The van der Waals surface area contributed by atoms with E-state index in [9.17, 15) is 14.0 Å². The molecule has 0 unspecified atom stereocenters. The number of anilines is 2. The highest BCUT2D eigenvalue weighted by molar-refractivity contribution is 6.31. The van der Waals surface area contributed by atoms with Gasteiger partial charge in [0.25, 0.3) is 5.91 Å². The molecule has 0 spiro atoms. The summed E-state index contributed by atoms with van der Waals surface area (Å²) in [5, 5.41) is 8.39. The van der Waals surface area contributed by atoms with Crippen LogP contribution in [0.2, 0.25) is 5.02 Å². The second-order valence-corrected chi connectivity index (χ2v) is 7.22. The molecule has 0 aromatic heterocycles. The fourth-order valence-corrected chi connectivity index (χ4v) is 2.33. The Kier molecular flexibility index (Phi) is 6.21. The van der Waals surface area contributed by atoms with Gasteiger partial charge in [0.2, 0.25) is 5.91 Å². The van der Waals surface area contributed by atoms with Crippen LogP contribution >= 0.6 is 11.6 Å². The molecule has 0 aliphatic rings. The van der Waals surface area contributed by atoms with Crippen molar-refractivity contribution in [3.8, 4) is 0 Å². The van der Waals surface area contributed by atoms with Crippen molar-refractivity contribution >= 4 is 34.8 Å². The normalized spacial score (nSPS) is 11.0. The van der Waals surface area contributed by atoms with Crippen molar-refractivity contribution in [2.45, 2.75) is 26.3 Å². The van der Waals surface area contributed by atoms with Crippen molar-refractivity contribution in [2.75, 3.05) is 17.2 Å². The smallest absolute Gasteiger partial charge is 0.251 e. The van der Waals surface area contributed by atoms with Gasteiger partial charge in [-0.05, 0) is 57.2 Å². The molecule has 0 saturated carbocycles. The second-order valence-electron chi connectivity index (χ2n) is 6.82. The number of hydrogen-bond donors (Lipinski definition) is 3. The van der Waals surface area contributed by atoms with E-state index in [4.69, 9.17) is 11.6 Å². The molecular weight excluding hydrogens is 357 g/mol. The first kappa shape index (κ1) is 19.7. The number of amides is 2. The van der Waals surface area contributed by atoms with Crippen LogP contribution < -0.4 is 16.0 Å². The largest absolute Gasteiger partial charge is 0.376 e. The molecule has 2 rings (SSSR count). The Bertz CT molecular complexity index is 819. The van der Waals surface area contributed by atoms with Crippen LogP contribution in [0.3, 0.4) is 0 Å². The van der Waals surface area contributed by atoms with Gasteiger partial charge in [-0.25, -0.2) is 4.39 Å². The van der Waals surface area contributed by atoms with E-state index in [1.165, 1.54) is 18.2 Å². The monoisotopic (exact) mass is 377 g/mol. The molecule has 0 heterocycles. The third-order valence-electron chi connectivity index (χ3n) is 3.27. The van der Waals surface area contributed by atoms with E-state index >= 15 is 0 Å². The van der Waals surface area contributed by atoms with Crippen LogP contribution in [0.4, 0.5) is 15.8 Å². The van der Waals surface area contributed by atoms with E-state index < -0.39 is 5.82 Å². The molecule has 7 heteroatoms. The van der Waals surface area contributed by atoms with Gasteiger partial charge in [0.1, 0.15) is 5.82 Å². The summed E-state index contributed by atoms with van der Waals surface area (Å²) in [6, 6.07) is 10.8. The topological polar surface area (TPSA) is 70.2 Å². The first-order chi connectivity index (χ1) is 12.1. The molecule has 2 amide bonds. The molecule has 0 atom stereocenters. The predicted molar refractivity (Wildman–Crippen MR) is 102 cm³/mol. The van der Waals surface area contributed by atoms with Gasteiger partial charge in [-0.15, -0.1) is 0 Å². The Morgan fingerprint density at radius 2 is 1.81 bits per heavy atom. The Balaban J connectivity index is 1.94. The van der Waals surface area contributed by atoms with Gasteiger partial charge in [-0.3, -0.25) is 9.59 Å². The molecule has 3 N–H and O–H groups in total. The zero-order valence-electron chi connectivity index (χ0n) is 14.8. The molecule has 0 bridgehead atoms. The summed E-state index contributed by atoms with van der Waals surface area (Å²) in [5.41, 5.74) is 1.20. The Morgan fingerprint density at radius 3 is 2.46 bits per heavy atom. The third kappa shape index (κ3) is 6.04. The molecule has 2 aromatic carbocycles. The van der Waals surface area contributed by atoms with Crippen molar-refractivity contribution in [3.63, 3.8) is 0 Å². The maximum absolute atomic E-state index is 13.1. The van der Waals surface area contributed by atoms with Crippen LogP contribution in [0.15, 0.2) is 42.5 Å². The summed E-state index contributed by atoms with van der Waals surface area (Å²) in [6.45, 7) is 5.69. The number of hydrogen-bond acceptors (Lipinski definition) is 3. The van der Waals surface area contributed by atoms with Gasteiger partial charge >= 0.3 is 0 Å². The van der Waals surface area contributed by atoms with Crippen LogP contribution in [-0.4, -0.2) is 23.9 Å². The molecule has 0 radical (unpaired) electrons. The zero-order chi connectivity index (χ0) is 19.3. The standard InChI is InChI=1S/C19H21ClFN3O2/c1-19(2,3)24-18(26)12-5-4-6-13(9-12)22-11-17(25)23-14-7-8-16(21)15(20)10-14/h4-10,22H,11H2,1-3H3,(H,23,25)(H,24,26).